The summed E-state index contributed by atoms with van der Waals surface area (Å²) in [7, 11) is 0. The van der Waals surface area contributed by atoms with Crippen LogP contribution in [-0.2, 0) is 0 Å². The van der Waals surface area contributed by atoms with Gasteiger partial charge in [-0.15, -0.1) is 0 Å². The molecule has 1 saturated carbocycles. The summed E-state index contributed by atoms with van der Waals surface area (Å²) in [6.45, 7) is 7.20. The van der Waals surface area contributed by atoms with Crippen LogP contribution in [0, 0.1) is 11.8 Å². The molecular formula is C12H24N2. The van der Waals surface area contributed by atoms with Crippen molar-refractivity contribution in [2.75, 3.05) is 13.1 Å². The molecule has 0 amide bonds. The van der Waals surface area contributed by atoms with Gasteiger partial charge in [-0.05, 0) is 50.6 Å². The zero-order valence-electron chi connectivity index (χ0n) is 9.58. The summed E-state index contributed by atoms with van der Waals surface area (Å²) < 4.78 is 0. The van der Waals surface area contributed by atoms with Gasteiger partial charge in [0.2, 0.25) is 0 Å². The molecule has 1 aliphatic carbocycles. The quantitative estimate of drug-likeness (QED) is 0.730. The highest BCUT2D eigenvalue weighted by molar-refractivity contribution is 4.90. The van der Waals surface area contributed by atoms with Crippen LogP contribution in [0.3, 0.4) is 0 Å². The first-order valence-corrected chi connectivity index (χ1v) is 6.16. The third-order valence-electron chi connectivity index (χ3n) is 4.18. The van der Waals surface area contributed by atoms with Crippen LogP contribution in [0.1, 0.15) is 39.5 Å². The van der Waals surface area contributed by atoms with Gasteiger partial charge in [0.1, 0.15) is 0 Å². The molecule has 0 aromatic heterocycles. The van der Waals surface area contributed by atoms with Crippen molar-refractivity contribution in [3.63, 3.8) is 0 Å². The maximum absolute atomic E-state index is 5.91. The molecule has 0 bridgehead atoms. The van der Waals surface area contributed by atoms with E-state index in [9.17, 15) is 0 Å². The standard InChI is InChI=1S/C12H24N2/c1-9(2)10-7-12(8-10)14-5-3-11(13)4-6-14/h9-12H,3-8,13H2,1-2H3. The summed E-state index contributed by atoms with van der Waals surface area (Å²) in [4.78, 5) is 2.67. The third-order valence-corrected chi connectivity index (χ3v) is 4.18. The van der Waals surface area contributed by atoms with Gasteiger partial charge in [-0.25, -0.2) is 0 Å². The molecule has 0 spiro atoms. The first-order valence-electron chi connectivity index (χ1n) is 6.16. The molecule has 2 rings (SSSR count). The van der Waals surface area contributed by atoms with Gasteiger partial charge in [0.25, 0.3) is 0 Å². The summed E-state index contributed by atoms with van der Waals surface area (Å²) in [5, 5.41) is 0. The van der Waals surface area contributed by atoms with Gasteiger partial charge >= 0.3 is 0 Å². The van der Waals surface area contributed by atoms with Gasteiger partial charge in [0.05, 0.1) is 0 Å². The fraction of sp³-hybridized carbons (Fsp3) is 1.00. The summed E-state index contributed by atoms with van der Waals surface area (Å²) in [5.74, 6) is 1.88. The van der Waals surface area contributed by atoms with E-state index in [-0.39, 0.29) is 0 Å². The van der Waals surface area contributed by atoms with E-state index in [1.807, 2.05) is 0 Å². The molecule has 1 heterocycles. The van der Waals surface area contributed by atoms with Gasteiger partial charge in [-0.1, -0.05) is 13.8 Å². The Morgan fingerprint density at radius 1 is 1.14 bits per heavy atom. The molecule has 1 saturated heterocycles. The van der Waals surface area contributed by atoms with E-state index >= 15 is 0 Å². The minimum atomic E-state index is 0.479. The lowest BCUT2D eigenvalue weighted by Crippen LogP contribution is -2.51. The van der Waals surface area contributed by atoms with Gasteiger partial charge in [0, 0.05) is 12.1 Å². The van der Waals surface area contributed by atoms with Gasteiger partial charge in [0.15, 0.2) is 0 Å². The molecule has 14 heavy (non-hydrogen) atoms. The molecule has 0 atom stereocenters. The SMILES string of the molecule is CC(C)C1CC(N2CCC(N)CC2)C1. The van der Waals surface area contributed by atoms with E-state index in [2.05, 4.69) is 18.7 Å². The monoisotopic (exact) mass is 196 g/mol. The summed E-state index contributed by atoms with van der Waals surface area (Å²) in [6.07, 6.45) is 5.30. The van der Waals surface area contributed by atoms with Crippen LogP contribution >= 0.6 is 0 Å². The fourth-order valence-corrected chi connectivity index (χ4v) is 2.76. The number of nitrogens with zero attached hydrogens (tertiary/aromatic N) is 1. The molecule has 2 N–H and O–H groups in total. The number of hydrogen-bond donors (Lipinski definition) is 1. The molecule has 0 aromatic carbocycles. The molecule has 2 fully saturated rings. The maximum Gasteiger partial charge on any atom is 0.0101 e. The molecule has 82 valence electrons. The van der Waals surface area contributed by atoms with Crippen molar-refractivity contribution in [1.29, 1.82) is 0 Å². The largest absolute Gasteiger partial charge is 0.328 e. The minimum absolute atomic E-state index is 0.479. The second kappa shape index (κ2) is 4.19. The van der Waals surface area contributed by atoms with Crippen LogP contribution in [-0.4, -0.2) is 30.1 Å². The predicted molar refractivity (Wildman–Crippen MR) is 60.1 cm³/mol. The highest BCUT2D eigenvalue weighted by Crippen LogP contribution is 2.37. The smallest absolute Gasteiger partial charge is 0.0101 e. The van der Waals surface area contributed by atoms with E-state index in [0.717, 1.165) is 17.9 Å². The number of rotatable bonds is 2. The van der Waals surface area contributed by atoms with E-state index in [1.54, 1.807) is 0 Å². The van der Waals surface area contributed by atoms with Crippen molar-refractivity contribution < 1.29 is 0 Å². The lowest BCUT2D eigenvalue weighted by Gasteiger charge is -2.46. The van der Waals surface area contributed by atoms with E-state index < -0.39 is 0 Å². The number of nitrogens with two attached hydrogens (primary N) is 1. The minimum Gasteiger partial charge on any atom is -0.328 e. The topological polar surface area (TPSA) is 29.3 Å². The second-order valence-electron chi connectivity index (χ2n) is 5.50. The molecule has 2 heteroatoms. The highest BCUT2D eigenvalue weighted by Gasteiger charge is 2.35. The van der Waals surface area contributed by atoms with Gasteiger partial charge in [-0.2, -0.15) is 0 Å². The van der Waals surface area contributed by atoms with Gasteiger partial charge in [-0.3, -0.25) is 0 Å². The average molecular weight is 196 g/mol. The lowest BCUT2D eigenvalue weighted by molar-refractivity contribution is 0.0392. The van der Waals surface area contributed by atoms with Crippen molar-refractivity contribution >= 4 is 0 Å². The Labute approximate surface area is 87.8 Å². The Morgan fingerprint density at radius 3 is 2.21 bits per heavy atom. The van der Waals surface area contributed by atoms with E-state index in [0.29, 0.717) is 6.04 Å². The first-order chi connectivity index (χ1) is 6.66. The fourth-order valence-electron chi connectivity index (χ4n) is 2.76. The van der Waals surface area contributed by atoms with Crippen molar-refractivity contribution in [2.24, 2.45) is 17.6 Å². The Kier molecular flexibility index (Phi) is 3.13. The third kappa shape index (κ3) is 2.12. The molecular weight excluding hydrogens is 172 g/mol. The summed E-state index contributed by atoms with van der Waals surface area (Å²) in [6, 6.07) is 1.38. The molecule has 2 aliphatic rings. The predicted octanol–water partition coefficient (Wildman–Crippen LogP) is 1.84. The Morgan fingerprint density at radius 2 is 1.71 bits per heavy atom. The highest BCUT2D eigenvalue weighted by atomic mass is 15.2. The maximum atomic E-state index is 5.91. The summed E-state index contributed by atoms with van der Waals surface area (Å²) in [5.41, 5.74) is 5.91. The molecule has 0 unspecified atom stereocenters. The van der Waals surface area contributed by atoms with Crippen molar-refractivity contribution in [3.8, 4) is 0 Å². The van der Waals surface area contributed by atoms with Crippen molar-refractivity contribution in [1.82, 2.24) is 4.90 Å². The van der Waals surface area contributed by atoms with E-state index in [1.165, 1.54) is 38.8 Å². The van der Waals surface area contributed by atoms with Crippen LogP contribution in [0.15, 0.2) is 0 Å². The van der Waals surface area contributed by atoms with Crippen LogP contribution in [0.4, 0.5) is 0 Å². The zero-order valence-corrected chi connectivity index (χ0v) is 9.58. The Hall–Kier alpha value is -0.0800. The van der Waals surface area contributed by atoms with Crippen LogP contribution < -0.4 is 5.73 Å². The molecule has 1 aliphatic heterocycles. The van der Waals surface area contributed by atoms with Crippen LogP contribution in [0.25, 0.3) is 0 Å². The van der Waals surface area contributed by atoms with E-state index in [4.69, 9.17) is 5.73 Å². The lowest BCUT2D eigenvalue weighted by atomic mass is 9.72. The molecule has 0 radical (unpaired) electrons. The molecule has 2 nitrogen and oxygen atoms in total. The second-order valence-corrected chi connectivity index (χ2v) is 5.50. The average Bonchev–Trinajstić information content (AvgIpc) is 2.05. The number of piperidine rings is 1. The first kappa shape index (κ1) is 10.4. The van der Waals surface area contributed by atoms with Crippen LogP contribution in [0.2, 0.25) is 0 Å². The normalized spacial score (nSPS) is 36.0. The van der Waals surface area contributed by atoms with Gasteiger partial charge < -0.3 is 10.6 Å². The van der Waals surface area contributed by atoms with Crippen LogP contribution in [0.5, 0.6) is 0 Å². The van der Waals surface area contributed by atoms with Crippen molar-refractivity contribution in [3.05, 3.63) is 0 Å². The zero-order chi connectivity index (χ0) is 10.1. The molecule has 0 aromatic rings. The van der Waals surface area contributed by atoms with Crippen molar-refractivity contribution in [2.45, 2.75) is 51.6 Å². The summed E-state index contributed by atoms with van der Waals surface area (Å²) >= 11 is 0. The Balaban J connectivity index is 1.72. The number of likely N-dealkylation sites (tertiary alicyclic amines) is 1. The number of hydrogen-bond acceptors (Lipinski definition) is 2. The Bertz CT molecular complexity index is 177.